The zero-order valence-corrected chi connectivity index (χ0v) is 50.1. The number of alkyl halides is 3. The van der Waals surface area contributed by atoms with E-state index < -0.39 is 99.5 Å². The first-order valence-corrected chi connectivity index (χ1v) is 33.4. The Balaban J connectivity index is 0.000000371. The van der Waals surface area contributed by atoms with Gasteiger partial charge in [-0.3, -0.25) is 4.18 Å². The summed E-state index contributed by atoms with van der Waals surface area (Å²) in [5, 5.41) is 3.35. The van der Waals surface area contributed by atoms with Crippen LogP contribution in [0.25, 0.3) is 38.1 Å². The molecule has 5 aromatic carbocycles. The average Bonchev–Trinajstić information content (AvgIpc) is 4.07. The van der Waals surface area contributed by atoms with Crippen LogP contribution < -0.4 is 12.5 Å². The SMILES string of the molecule is CS(=O)(=O)[N-]S(=O)(=O)Oc1cc(C2CO2)c2ccccc2c1.CS(=O)(=O)[N-]S(=O)(=O)Oc1ccc(C2CO2)cc1.CS(=O)(=O)[N-]S(=O)(=O)Oc1ccc2cc(C3CO3)ccc2c1.O=S(=O)([N-]S(=O)(=O)C(F)(F)F)OCC1CO1.[CH3+].[CH3+].[CH3+].[CH3+]. The van der Waals surface area contributed by atoms with E-state index in [0.717, 1.165) is 38.2 Å². The quantitative estimate of drug-likeness (QED) is 0.0625. The molecule has 456 valence electrons. The summed E-state index contributed by atoms with van der Waals surface area (Å²) in [7, 11) is -37.0. The van der Waals surface area contributed by atoms with E-state index in [9.17, 15) is 80.5 Å². The van der Waals surface area contributed by atoms with Gasteiger partial charge in [0, 0.05) is 48.5 Å². The lowest BCUT2D eigenvalue weighted by Crippen LogP contribution is -2.25. The van der Waals surface area contributed by atoms with Gasteiger partial charge in [0.05, 0.1) is 63.1 Å². The molecule has 4 atom stereocenters. The van der Waals surface area contributed by atoms with Crippen LogP contribution in [-0.2, 0) is 104 Å². The molecule has 0 saturated carbocycles. The molecule has 4 aliphatic heterocycles. The molecular weight excluding hydrogens is 1270 g/mol. The number of halogens is 3. The number of nitrogens with zero attached hydrogens (tertiary/aromatic N) is 4. The maximum absolute atomic E-state index is 11.7. The molecule has 9 rings (SSSR count). The molecule has 0 N–H and O–H groups in total. The van der Waals surface area contributed by atoms with Crippen LogP contribution in [0.15, 0.2) is 97.1 Å². The van der Waals surface area contributed by atoms with E-state index in [2.05, 4.69) is 29.7 Å². The number of rotatable bonds is 20. The Labute approximate surface area is 475 Å². The van der Waals surface area contributed by atoms with E-state index in [0.29, 0.717) is 38.6 Å². The fraction of sp³-hybridized carbons (Fsp3) is 0.302. The normalized spacial score (nSPS) is 18.4. The number of hydrogen-bond donors (Lipinski definition) is 0. The third-order valence-electron chi connectivity index (χ3n) is 9.25. The average molecular weight is 1320 g/mol. The Morgan fingerprint density at radius 1 is 0.451 bits per heavy atom. The summed E-state index contributed by atoms with van der Waals surface area (Å²) < 4.78 is 259. The number of benzene rings is 5. The van der Waals surface area contributed by atoms with Crippen molar-refractivity contribution in [3.63, 3.8) is 0 Å². The van der Waals surface area contributed by atoms with E-state index in [1.807, 2.05) is 30.3 Å². The van der Waals surface area contributed by atoms with Gasteiger partial charge in [-0.05, 0) is 80.7 Å². The molecular formula is C43H51F3N4O24S8. The third-order valence-corrected chi connectivity index (χ3v) is 18.4. The van der Waals surface area contributed by atoms with Crippen LogP contribution in [0.1, 0.15) is 35.0 Å². The third kappa shape index (κ3) is 24.8. The molecule has 28 nitrogen and oxygen atoms in total. The van der Waals surface area contributed by atoms with Gasteiger partial charge in [0.2, 0.25) is 41.2 Å². The monoisotopic (exact) mass is 1320 g/mol. The van der Waals surface area contributed by atoms with Gasteiger partial charge in [0.1, 0.15) is 41.7 Å². The summed E-state index contributed by atoms with van der Waals surface area (Å²) in [4.78, 5) is 0. The van der Waals surface area contributed by atoms with Crippen molar-refractivity contribution in [1.82, 2.24) is 0 Å². The highest BCUT2D eigenvalue weighted by Crippen LogP contribution is 2.39. The van der Waals surface area contributed by atoms with Gasteiger partial charge in [0.15, 0.2) is 10.0 Å². The minimum Gasteiger partial charge on any atom is -0.404 e. The number of sulfonamides is 4. The first-order valence-electron chi connectivity index (χ1n) is 21.0. The van der Waals surface area contributed by atoms with E-state index >= 15 is 0 Å². The number of ether oxygens (including phenoxy) is 4. The zero-order chi connectivity index (χ0) is 57.9. The van der Waals surface area contributed by atoms with Gasteiger partial charge in [-0.2, -0.15) is 13.2 Å². The summed E-state index contributed by atoms with van der Waals surface area (Å²) >= 11 is 0. The predicted molar refractivity (Wildman–Crippen MR) is 292 cm³/mol. The highest BCUT2D eigenvalue weighted by molar-refractivity contribution is 8.11. The predicted octanol–water partition coefficient (Wildman–Crippen LogP) is 6.12. The van der Waals surface area contributed by atoms with Gasteiger partial charge < -0.3 is 48.0 Å². The molecule has 5 aromatic rings. The number of epoxide rings is 4. The first-order chi connectivity index (χ1) is 35.7. The van der Waals surface area contributed by atoms with Crippen LogP contribution >= 0.6 is 0 Å². The molecule has 0 aromatic heterocycles. The molecule has 0 amide bonds. The largest absolute Gasteiger partial charge is 0.480 e. The number of hydrogen-bond acceptors (Lipinski definition) is 24. The van der Waals surface area contributed by atoms with Crippen LogP contribution in [0.4, 0.5) is 13.2 Å². The Hall–Kier alpha value is -5.47. The summed E-state index contributed by atoms with van der Waals surface area (Å²) in [5.41, 5.74) is -3.03. The molecule has 0 spiro atoms. The molecule has 4 aliphatic rings. The summed E-state index contributed by atoms with van der Waals surface area (Å²) in [6, 6.07) is 26.8. The van der Waals surface area contributed by atoms with Crippen LogP contribution in [0, 0.1) is 29.7 Å². The lowest BCUT2D eigenvalue weighted by molar-refractivity contribution is -0.0425. The van der Waals surface area contributed by atoms with Crippen molar-refractivity contribution in [1.29, 1.82) is 0 Å². The molecule has 4 unspecified atom stereocenters. The fourth-order valence-electron chi connectivity index (χ4n) is 5.99. The molecule has 0 aliphatic carbocycles. The Morgan fingerprint density at radius 2 is 0.854 bits per heavy atom. The molecule has 4 heterocycles. The van der Waals surface area contributed by atoms with Gasteiger partial charge in [-0.1, -0.05) is 54.6 Å². The van der Waals surface area contributed by atoms with Crippen molar-refractivity contribution in [3.05, 3.63) is 160 Å². The topological polar surface area (TPSA) is 417 Å². The number of fused-ring (bicyclic) bond motifs is 2. The Morgan fingerprint density at radius 3 is 1.32 bits per heavy atom. The maximum atomic E-state index is 11.7. The van der Waals surface area contributed by atoms with Crippen molar-refractivity contribution in [3.8, 4) is 17.2 Å². The summed E-state index contributed by atoms with van der Waals surface area (Å²) in [5.74, 6) is -0.0151. The summed E-state index contributed by atoms with van der Waals surface area (Å²) in [6.07, 6.45) is 1.54. The van der Waals surface area contributed by atoms with Crippen molar-refractivity contribution in [2.45, 2.75) is 29.9 Å². The van der Waals surface area contributed by atoms with Gasteiger partial charge in [-0.25, -0.2) is 67.3 Å². The molecule has 0 bridgehead atoms. The highest BCUT2D eigenvalue weighted by atomic mass is 32.3. The minimum atomic E-state index is -6.11. The molecule has 4 saturated heterocycles. The van der Waals surface area contributed by atoms with E-state index in [4.69, 9.17) is 18.4 Å². The first kappa shape index (κ1) is 72.6. The van der Waals surface area contributed by atoms with Gasteiger partial charge in [-0.15, -0.1) is 0 Å². The molecule has 82 heavy (non-hydrogen) atoms. The van der Waals surface area contributed by atoms with Crippen molar-refractivity contribution in [2.75, 3.05) is 51.8 Å². The van der Waals surface area contributed by atoms with Crippen LogP contribution in [0.2, 0.25) is 0 Å². The standard InChI is InChI=1S/2C13H12NO6S2.C9H10NO6S2.C4H5F3NO6S2.4CH3/c1-21(15,16)14-22(17,18)20-12-5-4-9-6-11(13-8-19-13)3-2-10(9)7-12;1-21(15,16)14-22(17,18)20-10-6-9-4-2-3-5-11(9)12(7-10)13-8-19-13;1-17(11,12)10-18(13,14)16-8-4-2-7(3-5-8)9-6-15-9;5-4(6,7)15(9,10)8-16(11,12)14-2-3-1-13-3;;;;/h2*2-7,13H,8H2,1H3;2-5,9H,6H2,1H3;3H,1-2H2;4*1H3/q4*-1;4*+1. The van der Waals surface area contributed by atoms with Crippen LogP contribution in [-0.4, -0.2) is 131 Å². The van der Waals surface area contributed by atoms with Crippen molar-refractivity contribution in [2.24, 2.45) is 0 Å². The van der Waals surface area contributed by atoms with Crippen LogP contribution in [0.3, 0.4) is 0 Å². The lowest BCUT2D eigenvalue weighted by atomic mass is 10.0. The molecule has 0 radical (unpaired) electrons. The van der Waals surface area contributed by atoms with Gasteiger partial charge in [0.25, 0.3) is 0 Å². The van der Waals surface area contributed by atoms with Crippen molar-refractivity contribution < 1.29 is 116 Å². The Kier molecular flexibility index (Phi) is 24.4. The smallest absolute Gasteiger partial charge is 0.404 e. The fourth-order valence-corrected chi connectivity index (χ4v) is 13.2. The highest BCUT2D eigenvalue weighted by Gasteiger charge is 2.41. The van der Waals surface area contributed by atoms with Crippen molar-refractivity contribution >= 4 is 103 Å². The zero-order valence-electron chi connectivity index (χ0n) is 43.6. The van der Waals surface area contributed by atoms with Crippen LogP contribution in [0.5, 0.6) is 17.2 Å². The molecule has 39 heteroatoms. The maximum Gasteiger partial charge on any atom is 0.480 e. The second-order valence-electron chi connectivity index (χ2n) is 16.2. The summed E-state index contributed by atoms with van der Waals surface area (Å²) in [6.45, 7) is 1.52. The minimum absolute atomic E-state index is 0. The van der Waals surface area contributed by atoms with E-state index in [1.54, 1.807) is 34.5 Å². The Bertz CT molecular complexity index is 3980. The second kappa shape index (κ2) is 27.5. The van der Waals surface area contributed by atoms with Gasteiger partial charge >= 0.3 is 5.51 Å². The molecule has 4 fully saturated rings. The van der Waals surface area contributed by atoms with E-state index in [1.165, 1.54) is 36.4 Å². The lowest BCUT2D eigenvalue weighted by Gasteiger charge is -2.21. The second-order valence-corrected chi connectivity index (χ2v) is 28.5. The van der Waals surface area contributed by atoms with E-state index in [-0.39, 0.29) is 71.9 Å².